The molecule has 90 valence electrons. The van der Waals surface area contributed by atoms with Crippen LogP contribution < -0.4 is 5.73 Å². The predicted molar refractivity (Wildman–Crippen MR) is 65.8 cm³/mol. The number of nitrogens with two attached hydrogens (primary N) is 1. The van der Waals surface area contributed by atoms with Crippen LogP contribution in [0.2, 0.25) is 0 Å². The van der Waals surface area contributed by atoms with Gasteiger partial charge in [0.15, 0.2) is 0 Å². The van der Waals surface area contributed by atoms with Crippen LogP contribution in [-0.4, -0.2) is 26.3 Å². The molecule has 0 radical (unpaired) electrons. The van der Waals surface area contributed by atoms with E-state index in [-0.39, 0.29) is 0 Å². The number of rotatable bonds is 3. The highest BCUT2D eigenvalue weighted by atomic mass is 32.2. The van der Waals surface area contributed by atoms with Crippen LogP contribution in [0.4, 0.5) is 5.69 Å². The second kappa shape index (κ2) is 4.43. The standard InChI is InChI=1S/C11H18N2O2S/c1-5-13(4)16(14,15)11-7-8(2)6-10(12)9(11)3/h6-7H,5,12H2,1-4H3. The molecule has 0 saturated carbocycles. The molecule has 2 N–H and O–H groups in total. The maximum Gasteiger partial charge on any atom is 0.243 e. The van der Waals surface area contributed by atoms with Crippen molar-refractivity contribution in [3.63, 3.8) is 0 Å². The molecule has 0 saturated heterocycles. The Hall–Kier alpha value is -1.07. The summed E-state index contributed by atoms with van der Waals surface area (Å²) in [5.74, 6) is 0. The van der Waals surface area contributed by atoms with Gasteiger partial charge < -0.3 is 5.73 Å². The minimum atomic E-state index is -3.41. The van der Waals surface area contributed by atoms with Gasteiger partial charge in [-0.2, -0.15) is 0 Å². The van der Waals surface area contributed by atoms with Gasteiger partial charge in [-0.25, -0.2) is 12.7 Å². The average Bonchev–Trinajstić information content (AvgIpc) is 2.21. The van der Waals surface area contributed by atoms with Gasteiger partial charge >= 0.3 is 0 Å². The lowest BCUT2D eigenvalue weighted by Crippen LogP contribution is -2.27. The quantitative estimate of drug-likeness (QED) is 0.817. The van der Waals surface area contributed by atoms with Gasteiger partial charge in [-0.05, 0) is 37.1 Å². The fourth-order valence-electron chi connectivity index (χ4n) is 1.46. The Morgan fingerprint density at radius 3 is 2.38 bits per heavy atom. The van der Waals surface area contributed by atoms with Crippen molar-refractivity contribution in [3.05, 3.63) is 23.3 Å². The molecule has 1 rings (SSSR count). The second-order valence-electron chi connectivity index (χ2n) is 3.90. The summed E-state index contributed by atoms with van der Waals surface area (Å²) in [7, 11) is -1.85. The van der Waals surface area contributed by atoms with E-state index in [0.717, 1.165) is 5.56 Å². The van der Waals surface area contributed by atoms with Gasteiger partial charge in [0, 0.05) is 19.3 Å². The summed E-state index contributed by atoms with van der Waals surface area (Å²) in [5, 5.41) is 0. The maximum absolute atomic E-state index is 12.2. The zero-order valence-corrected chi connectivity index (χ0v) is 10.9. The molecule has 0 aliphatic carbocycles. The number of hydrogen-bond acceptors (Lipinski definition) is 3. The van der Waals surface area contributed by atoms with E-state index in [1.807, 2.05) is 6.92 Å². The van der Waals surface area contributed by atoms with E-state index in [1.54, 1.807) is 33.0 Å². The summed E-state index contributed by atoms with van der Waals surface area (Å²) in [6.07, 6.45) is 0. The van der Waals surface area contributed by atoms with Crippen molar-refractivity contribution in [2.45, 2.75) is 25.7 Å². The van der Waals surface area contributed by atoms with Gasteiger partial charge in [0.1, 0.15) is 0 Å². The molecule has 0 atom stereocenters. The Bertz CT molecular complexity index is 495. The summed E-state index contributed by atoms with van der Waals surface area (Å²) in [6.45, 7) is 5.80. The Kier molecular flexibility index (Phi) is 3.60. The molecule has 0 heterocycles. The molecule has 1 aromatic carbocycles. The first-order chi connectivity index (χ1) is 7.30. The highest BCUT2D eigenvalue weighted by Crippen LogP contribution is 2.25. The average molecular weight is 242 g/mol. The SMILES string of the molecule is CCN(C)S(=O)(=O)c1cc(C)cc(N)c1C. The third-order valence-corrected chi connectivity index (χ3v) is 4.74. The minimum Gasteiger partial charge on any atom is -0.398 e. The third kappa shape index (κ3) is 2.20. The number of nitrogens with zero attached hydrogens (tertiary/aromatic N) is 1. The minimum absolute atomic E-state index is 0.300. The number of hydrogen-bond donors (Lipinski definition) is 1. The largest absolute Gasteiger partial charge is 0.398 e. The summed E-state index contributed by atoms with van der Waals surface area (Å²) in [6, 6.07) is 3.44. The van der Waals surface area contributed by atoms with Crippen molar-refractivity contribution in [1.82, 2.24) is 4.31 Å². The van der Waals surface area contributed by atoms with Gasteiger partial charge in [0.05, 0.1) is 4.90 Å². The summed E-state index contributed by atoms with van der Waals surface area (Å²) in [4.78, 5) is 0.300. The molecule has 0 fully saturated rings. The summed E-state index contributed by atoms with van der Waals surface area (Å²) < 4.78 is 25.6. The normalized spacial score (nSPS) is 12.1. The second-order valence-corrected chi connectivity index (χ2v) is 5.91. The third-order valence-electron chi connectivity index (χ3n) is 2.68. The van der Waals surface area contributed by atoms with Crippen molar-refractivity contribution in [2.75, 3.05) is 19.3 Å². The Labute approximate surface area is 97.1 Å². The smallest absolute Gasteiger partial charge is 0.243 e. The Balaban J connectivity index is 3.45. The fourth-order valence-corrected chi connectivity index (χ4v) is 2.97. The number of aryl methyl sites for hydroxylation is 1. The van der Waals surface area contributed by atoms with Crippen LogP contribution >= 0.6 is 0 Å². The van der Waals surface area contributed by atoms with Crippen LogP contribution in [0.5, 0.6) is 0 Å². The first kappa shape index (κ1) is 13.0. The molecular weight excluding hydrogens is 224 g/mol. The first-order valence-corrected chi connectivity index (χ1v) is 6.57. The monoisotopic (exact) mass is 242 g/mol. The number of sulfonamides is 1. The Morgan fingerprint density at radius 2 is 1.88 bits per heavy atom. The molecule has 5 heteroatoms. The van der Waals surface area contributed by atoms with Crippen molar-refractivity contribution in [3.8, 4) is 0 Å². The Morgan fingerprint density at radius 1 is 1.31 bits per heavy atom. The highest BCUT2D eigenvalue weighted by Gasteiger charge is 2.22. The molecule has 1 aromatic rings. The van der Waals surface area contributed by atoms with Crippen molar-refractivity contribution in [2.24, 2.45) is 0 Å². The molecule has 0 spiro atoms. The van der Waals surface area contributed by atoms with Gasteiger partial charge in [0.2, 0.25) is 10.0 Å². The number of benzene rings is 1. The van der Waals surface area contributed by atoms with Crippen LogP contribution in [0.15, 0.2) is 17.0 Å². The summed E-state index contributed by atoms with van der Waals surface area (Å²) >= 11 is 0. The van der Waals surface area contributed by atoms with E-state index >= 15 is 0 Å². The predicted octanol–water partition coefficient (Wildman–Crippen LogP) is 1.53. The first-order valence-electron chi connectivity index (χ1n) is 5.13. The zero-order chi connectivity index (χ0) is 12.5. The van der Waals surface area contributed by atoms with Crippen molar-refractivity contribution >= 4 is 15.7 Å². The maximum atomic E-state index is 12.2. The lowest BCUT2D eigenvalue weighted by molar-refractivity contribution is 0.486. The van der Waals surface area contributed by atoms with E-state index in [2.05, 4.69) is 0 Å². The lowest BCUT2D eigenvalue weighted by atomic mass is 10.1. The van der Waals surface area contributed by atoms with Gasteiger partial charge in [0.25, 0.3) is 0 Å². The van der Waals surface area contributed by atoms with Gasteiger partial charge in [-0.3, -0.25) is 0 Å². The van der Waals surface area contributed by atoms with E-state index in [9.17, 15) is 8.42 Å². The highest BCUT2D eigenvalue weighted by molar-refractivity contribution is 7.89. The van der Waals surface area contributed by atoms with E-state index < -0.39 is 10.0 Å². The molecule has 0 amide bonds. The topological polar surface area (TPSA) is 63.4 Å². The lowest BCUT2D eigenvalue weighted by Gasteiger charge is -2.18. The van der Waals surface area contributed by atoms with Crippen LogP contribution in [0.1, 0.15) is 18.1 Å². The molecule has 4 nitrogen and oxygen atoms in total. The van der Waals surface area contributed by atoms with Crippen LogP contribution in [-0.2, 0) is 10.0 Å². The van der Waals surface area contributed by atoms with Crippen molar-refractivity contribution < 1.29 is 8.42 Å². The van der Waals surface area contributed by atoms with Crippen LogP contribution in [0.3, 0.4) is 0 Å². The molecule has 0 aromatic heterocycles. The summed E-state index contributed by atoms with van der Waals surface area (Å²) in [5.41, 5.74) is 7.76. The van der Waals surface area contributed by atoms with Gasteiger partial charge in [-0.1, -0.05) is 6.92 Å². The van der Waals surface area contributed by atoms with E-state index in [4.69, 9.17) is 5.73 Å². The number of nitrogen functional groups attached to an aromatic ring is 1. The molecule has 0 bridgehead atoms. The molecule has 16 heavy (non-hydrogen) atoms. The fraction of sp³-hybridized carbons (Fsp3) is 0.455. The van der Waals surface area contributed by atoms with Gasteiger partial charge in [-0.15, -0.1) is 0 Å². The van der Waals surface area contributed by atoms with Crippen LogP contribution in [0, 0.1) is 13.8 Å². The van der Waals surface area contributed by atoms with Crippen molar-refractivity contribution in [1.29, 1.82) is 0 Å². The molecule has 0 aliphatic heterocycles. The molecule has 0 unspecified atom stereocenters. The zero-order valence-electron chi connectivity index (χ0n) is 10.1. The van der Waals surface area contributed by atoms with E-state index in [1.165, 1.54) is 4.31 Å². The number of anilines is 1. The molecular formula is C11H18N2O2S. The molecule has 0 aliphatic rings. The van der Waals surface area contributed by atoms with E-state index in [0.29, 0.717) is 22.7 Å². The van der Waals surface area contributed by atoms with Crippen LogP contribution in [0.25, 0.3) is 0 Å².